The van der Waals surface area contributed by atoms with Crippen molar-refractivity contribution < 1.29 is 0 Å². The molecule has 0 rings (SSSR count). The van der Waals surface area contributed by atoms with E-state index in [1.165, 1.54) is 5.75 Å². The first-order valence-corrected chi connectivity index (χ1v) is 6.05. The smallest absolute Gasteiger partial charge is 0.0139 e. The summed E-state index contributed by atoms with van der Waals surface area (Å²) in [5.41, 5.74) is 5.91. The van der Waals surface area contributed by atoms with Gasteiger partial charge in [0.05, 0.1) is 0 Å². The lowest BCUT2D eigenvalue weighted by molar-refractivity contribution is 0.688. The van der Waals surface area contributed by atoms with Crippen LogP contribution < -0.4 is 5.73 Å². The van der Waals surface area contributed by atoms with Gasteiger partial charge in [0.2, 0.25) is 0 Å². The lowest BCUT2D eigenvalue weighted by atomic mass is 10.2. The third-order valence-corrected chi connectivity index (χ3v) is 3.17. The second kappa shape index (κ2) is 8.47. The third kappa shape index (κ3) is 9.79. The quantitative estimate of drug-likeness (QED) is 0.665. The molecule has 0 bridgehead atoms. The van der Waals surface area contributed by atoms with Crippen LogP contribution in [0.3, 0.4) is 0 Å². The Hall–Kier alpha value is -0.130. The van der Waals surface area contributed by atoms with Gasteiger partial charge in [-0.3, -0.25) is 0 Å². The Balaban J connectivity index is 3.28. The second-order valence-electron chi connectivity index (χ2n) is 3.66. The van der Waals surface area contributed by atoms with Crippen LogP contribution in [0.5, 0.6) is 0 Å². The zero-order valence-corrected chi connectivity index (χ0v) is 9.79. The molecule has 0 amide bonds. The van der Waals surface area contributed by atoms with Crippen LogP contribution in [0.15, 0.2) is 0 Å². The summed E-state index contributed by atoms with van der Waals surface area (Å²) in [6, 6.07) is 0.324. The number of hydrogen-bond acceptors (Lipinski definition) is 2. The highest BCUT2D eigenvalue weighted by molar-refractivity contribution is 7.99. The first kappa shape index (κ1) is 12.9. The molecule has 76 valence electrons. The van der Waals surface area contributed by atoms with E-state index < -0.39 is 0 Å². The Kier molecular flexibility index (Phi) is 8.38. The molecule has 1 atom stereocenters. The van der Waals surface area contributed by atoms with Crippen LogP contribution >= 0.6 is 11.8 Å². The fraction of sp³-hybridized carbons (Fsp3) is 0.818. The molecule has 0 radical (unpaired) electrons. The summed E-state index contributed by atoms with van der Waals surface area (Å²) in [5, 5.41) is 0. The van der Waals surface area contributed by atoms with Crippen LogP contribution in [-0.4, -0.2) is 17.5 Å². The largest absolute Gasteiger partial charge is 0.327 e. The lowest BCUT2D eigenvalue weighted by Gasteiger charge is -2.10. The highest BCUT2D eigenvalue weighted by Gasteiger charge is 2.02. The zero-order valence-electron chi connectivity index (χ0n) is 8.97. The van der Waals surface area contributed by atoms with E-state index in [2.05, 4.69) is 25.7 Å². The lowest BCUT2D eigenvalue weighted by Crippen LogP contribution is -2.22. The maximum atomic E-state index is 5.91. The number of nitrogens with two attached hydrogens (primary N) is 1. The Labute approximate surface area is 86.9 Å². The molecule has 0 aromatic heterocycles. The summed E-state index contributed by atoms with van der Waals surface area (Å²) >= 11 is 1.95. The third-order valence-electron chi connectivity index (χ3n) is 1.60. The van der Waals surface area contributed by atoms with Crippen LogP contribution in [-0.2, 0) is 0 Å². The van der Waals surface area contributed by atoms with E-state index in [-0.39, 0.29) is 0 Å². The van der Waals surface area contributed by atoms with Gasteiger partial charge in [0, 0.05) is 18.2 Å². The normalized spacial score (nSPS) is 12.4. The average Bonchev–Trinajstić information content (AvgIpc) is 2.04. The van der Waals surface area contributed by atoms with Crippen molar-refractivity contribution in [3.05, 3.63) is 0 Å². The molecule has 0 aliphatic heterocycles. The predicted octanol–water partition coefficient (Wildman–Crippen LogP) is 2.51. The molecule has 1 unspecified atom stereocenters. The minimum Gasteiger partial charge on any atom is -0.327 e. The van der Waals surface area contributed by atoms with Gasteiger partial charge in [0.1, 0.15) is 0 Å². The molecule has 0 aromatic carbocycles. The highest BCUT2D eigenvalue weighted by Crippen LogP contribution is 2.09. The van der Waals surface area contributed by atoms with E-state index >= 15 is 0 Å². The molecule has 13 heavy (non-hydrogen) atoms. The van der Waals surface area contributed by atoms with Crippen molar-refractivity contribution >= 4 is 11.8 Å². The molecular weight excluding hydrogens is 178 g/mol. The van der Waals surface area contributed by atoms with Gasteiger partial charge in [0.25, 0.3) is 0 Å². The molecular formula is C11H21NS. The van der Waals surface area contributed by atoms with Crippen molar-refractivity contribution in [1.29, 1.82) is 0 Å². The highest BCUT2D eigenvalue weighted by atomic mass is 32.2. The Morgan fingerprint density at radius 3 is 2.54 bits per heavy atom. The molecule has 0 fully saturated rings. The van der Waals surface area contributed by atoms with Gasteiger partial charge in [-0.1, -0.05) is 13.8 Å². The summed E-state index contributed by atoms with van der Waals surface area (Å²) < 4.78 is 0. The van der Waals surface area contributed by atoms with Crippen molar-refractivity contribution in [2.75, 3.05) is 11.5 Å². The molecule has 0 heterocycles. The van der Waals surface area contributed by atoms with Crippen molar-refractivity contribution in [1.82, 2.24) is 0 Å². The maximum Gasteiger partial charge on any atom is 0.0139 e. The fourth-order valence-electron chi connectivity index (χ4n) is 0.921. The second-order valence-corrected chi connectivity index (χ2v) is 4.73. The molecule has 0 saturated carbocycles. The van der Waals surface area contributed by atoms with E-state index in [1.807, 2.05) is 18.7 Å². The van der Waals surface area contributed by atoms with Gasteiger partial charge in [-0.25, -0.2) is 0 Å². The zero-order chi connectivity index (χ0) is 10.1. The van der Waals surface area contributed by atoms with E-state index in [0.29, 0.717) is 6.04 Å². The van der Waals surface area contributed by atoms with Crippen LogP contribution in [0, 0.1) is 17.8 Å². The van der Waals surface area contributed by atoms with E-state index in [1.54, 1.807) is 0 Å². The SMILES string of the molecule is CC#CCCC(N)CSCC(C)C. The van der Waals surface area contributed by atoms with Crippen LogP contribution in [0.4, 0.5) is 0 Å². The summed E-state index contributed by atoms with van der Waals surface area (Å²) in [5.74, 6) is 8.98. The molecule has 2 N–H and O–H groups in total. The summed E-state index contributed by atoms with van der Waals surface area (Å²) in [4.78, 5) is 0. The van der Waals surface area contributed by atoms with E-state index in [0.717, 1.165) is 24.5 Å². The summed E-state index contributed by atoms with van der Waals surface area (Å²) in [6.07, 6.45) is 1.98. The van der Waals surface area contributed by atoms with Crippen LogP contribution in [0.25, 0.3) is 0 Å². The molecule has 0 aromatic rings. The van der Waals surface area contributed by atoms with Crippen molar-refractivity contribution in [3.63, 3.8) is 0 Å². The van der Waals surface area contributed by atoms with Crippen molar-refractivity contribution in [2.45, 2.75) is 39.7 Å². The predicted molar refractivity (Wildman–Crippen MR) is 62.8 cm³/mol. The van der Waals surface area contributed by atoms with Gasteiger partial charge < -0.3 is 5.73 Å². The van der Waals surface area contributed by atoms with Gasteiger partial charge in [-0.15, -0.1) is 11.8 Å². The number of hydrogen-bond donors (Lipinski definition) is 1. The molecule has 0 aliphatic rings. The molecule has 0 aliphatic carbocycles. The monoisotopic (exact) mass is 199 g/mol. The van der Waals surface area contributed by atoms with Crippen molar-refractivity contribution in [2.24, 2.45) is 11.7 Å². The summed E-state index contributed by atoms with van der Waals surface area (Å²) in [7, 11) is 0. The van der Waals surface area contributed by atoms with Gasteiger partial charge in [0.15, 0.2) is 0 Å². The standard InChI is InChI=1S/C11H21NS/c1-4-5-6-7-11(12)9-13-8-10(2)3/h10-11H,6-9,12H2,1-3H3. The van der Waals surface area contributed by atoms with Gasteiger partial charge in [-0.2, -0.15) is 11.8 Å². The van der Waals surface area contributed by atoms with E-state index in [9.17, 15) is 0 Å². The maximum absolute atomic E-state index is 5.91. The number of rotatable bonds is 6. The van der Waals surface area contributed by atoms with Crippen LogP contribution in [0.1, 0.15) is 33.6 Å². The van der Waals surface area contributed by atoms with E-state index in [4.69, 9.17) is 5.73 Å². The van der Waals surface area contributed by atoms with Crippen LogP contribution in [0.2, 0.25) is 0 Å². The Morgan fingerprint density at radius 1 is 1.31 bits per heavy atom. The average molecular weight is 199 g/mol. The van der Waals surface area contributed by atoms with Gasteiger partial charge >= 0.3 is 0 Å². The molecule has 0 spiro atoms. The minimum absolute atomic E-state index is 0.324. The molecule has 2 heteroatoms. The Morgan fingerprint density at radius 2 is 2.00 bits per heavy atom. The minimum atomic E-state index is 0.324. The Bertz CT molecular complexity index is 167. The molecule has 1 nitrogen and oxygen atoms in total. The first-order valence-electron chi connectivity index (χ1n) is 4.89. The molecule has 0 saturated heterocycles. The van der Waals surface area contributed by atoms with Gasteiger partial charge in [-0.05, 0) is 25.0 Å². The number of thioether (sulfide) groups is 1. The summed E-state index contributed by atoms with van der Waals surface area (Å²) in [6.45, 7) is 6.35. The topological polar surface area (TPSA) is 26.0 Å². The first-order chi connectivity index (χ1) is 6.16. The van der Waals surface area contributed by atoms with Crippen molar-refractivity contribution in [3.8, 4) is 11.8 Å². The fourth-order valence-corrected chi connectivity index (χ4v) is 2.00.